The predicted octanol–water partition coefficient (Wildman–Crippen LogP) is 3.18. The molecule has 4 heteroatoms. The lowest BCUT2D eigenvalue weighted by molar-refractivity contribution is 0.260. The van der Waals surface area contributed by atoms with Gasteiger partial charge in [-0.25, -0.2) is 0 Å². The zero-order valence-electron chi connectivity index (χ0n) is 11.9. The molecule has 1 N–H and O–H groups in total. The molecule has 0 saturated carbocycles. The van der Waals surface area contributed by atoms with E-state index in [1.54, 1.807) is 0 Å². The molecule has 0 fully saturated rings. The van der Waals surface area contributed by atoms with Crippen molar-refractivity contribution in [1.82, 2.24) is 14.5 Å². The molecule has 0 aliphatic rings. The van der Waals surface area contributed by atoms with Gasteiger partial charge in [-0.2, -0.15) is 0 Å². The molecule has 0 spiro atoms. The van der Waals surface area contributed by atoms with Crippen molar-refractivity contribution in [1.29, 1.82) is 0 Å². The minimum Gasteiger partial charge on any atom is -0.337 e. The number of nitrogens with zero attached hydrogens (tertiary/aromatic N) is 2. The fourth-order valence-corrected chi connectivity index (χ4v) is 2.00. The summed E-state index contributed by atoms with van der Waals surface area (Å²) in [4.78, 5) is 5.49. The van der Waals surface area contributed by atoms with Gasteiger partial charge in [0.1, 0.15) is 0 Å². The highest BCUT2D eigenvalue weighted by molar-refractivity contribution is 7.71. The number of aromatic amines is 1. The van der Waals surface area contributed by atoms with Crippen LogP contribution in [0.1, 0.15) is 40.3 Å². The summed E-state index contributed by atoms with van der Waals surface area (Å²) >= 11 is 5.35. The fourth-order valence-electron chi connectivity index (χ4n) is 1.75. The minimum absolute atomic E-state index is 0.129. The van der Waals surface area contributed by atoms with Gasteiger partial charge in [0.2, 0.25) is 0 Å². The Morgan fingerprint density at radius 1 is 1.41 bits per heavy atom. The van der Waals surface area contributed by atoms with Crippen LogP contribution in [0.2, 0.25) is 0 Å². The summed E-state index contributed by atoms with van der Waals surface area (Å²) in [5.74, 6) is 0. The average molecular weight is 255 g/mol. The summed E-state index contributed by atoms with van der Waals surface area (Å²) in [7, 11) is 2.15. The first-order valence-electron chi connectivity index (χ1n) is 6.22. The van der Waals surface area contributed by atoms with Crippen LogP contribution in [0.4, 0.5) is 0 Å². The molecule has 1 rings (SSSR count). The molecule has 0 aliphatic heterocycles. The molecule has 0 unspecified atom stereocenters. The summed E-state index contributed by atoms with van der Waals surface area (Å²) in [6, 6.07) is 0.571. The maximum atomic E-state index is 5.35. The molecule has 3 nitrogen and oxygen atoms in total. The summed E-state index contributed by atoms with van der Waals surface area (Å²) in [6.07, 6.45) is 2.04. The second-order valence-corrected chi connectivity index (χ2v) is 6.34. The van der Waals surface area contributed by atoms with Crippen molar-refractivity contribution in [2.75, 3.05) is 13.6 Å². The van der Waals surface area contributed by atoms with Crippen LogP contribution in [0.25, 0.3) is 0 Å². The van der Waals surface area contributed by atoms with E-state index < -0.39 is 0 Å². The van der Waals surface area contributed by atoms with E-state index in [0.717, 1.165) is 17.9 Å². The van der Waals surface area contributed by atoms with Gasteiger partial charge in [0.05, 0.1) is 0 Å². The van der Waals surface area contributed by atoms with Crippen molar-refractivity contribution in [3.05, 3.63) is 16.7 Å². The first kappa shape index (κ1) is 14.5. The van der Waals surface area contributed by atoms with Crippen molar-refractivity contribution < 1.29 is 0 Å². The van der Waals surface area contributed by atoms with Crippen molar-refractivity contribution in [3.63, 3.8) is 0 Å². The molecule has 0 aliphatic carbocycles. The van der Waals surface area contributed by atoms with Crippen LogP contribution < -0.4 is 0 Å². The molecule has 98 valence electrons. The zero-order chi connectivity index (χ0) is 13.2. The fraction of sp³-hybridized carbons (Fsp3) is 0.769. The van der Waals surface area contributed by atoms with Crippen molar-refractivity contribution >= 4 is 12.2 Å². The Morgan fingerprint density at radius 2 is 2.00 bits per heavy atom. The lowest BCUT2D eigenvalue weighted by atomic mass is 9.92. The Bertz CT molecular complexity index is 409. The van der Waals surface area contributed by atoms with Gasteiger partial charge in [0.25, 0.3) is 0 Å². The first-order chi connectivity index (χ1) is 7.73. The Morgan fingerprint density at radius 3 is 2.47 bits per heavy atom. The van der Waals surface area contributed by atoms with Crippen LogP contribution in [0, 0.1) is 4.77 Å². The standard InChI is InChI=1S/C13H25N3S/c1-10(2)15(6)7-8-16-11(13(3,4)5)9-14-12(16)17/h9-10H,7-8H2,1-6H3,(H,14,17). The van der Waals surface area contributed by atoms with Crippen molar-refractivity contribution in [2.45, 2.75) is 52.6 Å². The Balaban J connectivity index is 2.84. The second-order valence-electron chi connectivity index (χ2n) is 5.96. The number of hydrogen-bond donors (Lipinski definition) is 1. The van der Waals surface area contributed by atoms with Crippen molar-refractivity contribution in [3.8, 4) is 0 Å². The maximum Gasteiger partial charge on any atom is 0.177 e. The molecule has 17 heavy (non-hydrogen) atoms. The van der Waals surface area contributed by atoms with Gasteiger partial charge in [0, 0.05) is 36.4 Å². The molecule has 0 bridgehead atoms. The van der Waals surface area contributed by atoms with E-state index in [0.29, 0.717) is 6.04 Å². The van der Waals surface area contributed by atoms with Crippen LogP contribution in [0.5, 0.6) is 0 Å². The number of rotatable bonds is 4. The van der Waals surface area contributed by atoms with E-state index in [1.807, 2.05) is 6.20 Å². The maximum absolute atomic E-state index is 5.35. The molecule has 0 saturated heterocycles. The first-order valence-corrected chi connectivity index (χ1v) is 6.63. The normalized spacial score (nSPS) is 12.7. The Hall–Kier alpha value is -0.610. The van der Waals surface area contributed by atoms with E-state index >= 15 is 0 Å². The van der Waals surface area contributed by atoms with E-state index in [1.165, 1.54) is 5.69 Å². The number of imidazole rings is 1. The van der Waals surface area contributed by atoms with Gasteiger partial charge in [-0.1, -0.05) is 20.8 Å². The van der Waals surface area contributed by atoms with Crippen LogP contribution in [0.3, 0.4) is 0 Å². The summed E-state index contributed by atoms with van der Waals surface area (Å²) in [6.45, 7) is 13.0. The Kier molecular flexibility index (Phi) is 4.55. The molecule has 1 aromatic heterocycles. The molecular weight excluding hydrogens is 230 g/mol. The Labute approximate surface area is 110 Å². The lowest BCUT2D eigenvalue weighted by Crippen LogP contribution is -2.31. The number of hydrogen-bond acceptors (Lipinski definition) is 2. The molecule has 0 atom stereocenters. The number of aromatic nitrogens is 2. The molecule has 0 radical (unpaired) electrons. The molecule has 0 amide bonds. The van der Waals surface area contributed by atoms with E-state index in [-0.39, 0.29) is 5.41 Å². The molecule has 1 heterocycles. The lowest BCUT2D eigenvalue weighted by Gasteiger charge is -2.24. The number of nitrogens with one attached hydrogen (secondary N) is 1. The summed E-state index contributed by atoms with van der Waals surface area (Å²) < 4.78 is 3.04. The second kappa shape index (κ2) is 5.36. The third kappa shape index (κ3) is 3.68. The quantitative estimate of drug-likeness (QED) is 0.836. The van der Waals surface area contributed by atoms with Gasteiger partial charge < -0.3 is 14.5 Å². The third-order valence-electron chi connectivity index (χ3n) is 3.19. The predicted molar refractivity (Wildman–Crippen MR) is 76.1 cm³/mol. The van der Waals surface area contributed by atoms with E-state index in [2.05, 4.69) is 56.1 Å². The van der Waals surface area contributed by atoms with E-state index in [9.17, 15) is 0 Å². The van der Waals surface area contributed by atoms with Gasteiger partial charge in [-0.3, -0.25) is 0 Å². The van der Waals surface area contributed by atoms with Gasteiger partial charge in [0.15, 0.2) is 4.77 Å². The summed E-state index contributed by atoms with van der Waals surface area (Å²) in [5, 5.41) is 0. The van der Waals surface area contributed by atoms with Gasteiger partial charge >= 0.3 is 0 Å². The number of H-pyrrole nitrogens is 1. The smallest absolute Gasteiger partial charge is 0.177 e. The average Bonchev–Trinajstić information content (AvgIpc) is 2.55. The zero-order valence-corrected chi connectivity index (χ0v) is 12.7. The molecule has 0 aromatic carbocycles. The van der Waals surface area contributed by atoms with Gasteiger partial charge in [-0.15, -0.1) is 0 Å². The van der Waals surface area contributed by atoms with Crippen LogP contribution in [-0.4, -0.2) is 34.1 Å². The number of likely N-dealkylation sites (N-methyl/N-ethyl adjacent to an activating group) is 1. The minimum atomic E-state index is 0.129. The monoisotopic (exact) mass is 255 g/mol. The molecule has 1 aromatic rings. The van der Waals surface area contributed by atoms with Crippen molar-refractivity contribution in [2.24, 2.45) is 0 Å². The summed E-state index contributed by atoms with van der Waals surface area (Å²) in [5.41, 5.74) is 1.41. The highest BCUT2D eigenvalue weighted by atomic mass is 32.1. The largest absolute Gasteiger partial charge is 0.337 e. The van der Waals surface area contributed by atoms with Crippen LogP contribution >= 0.6 is 12.2 Å². The molecular formula is C13H25N3S. The van der Waals surface area contributed by atoms with E-state index in [4.69, 9.17) is 12.2 Å². The van der Waals surface area contributed by atoms with Gasteiger partial charge in [-0.05, 0) is 33.1 Å². The third-order valence-corrected chi connectivity index (χ3v) is 3.53. The van der Waals surface area contributed by atoms with Crippen LogP contribution in [-0.2, 0) is 12.0 Å². The highest BCUT2D eigenvalue weighted by Gasteiger charge is 2.19. The SMILES string of the molecule is CC(C)N(C)CCn1c(C(C)(C)C)c[nH]c1=S. The topological polar surface area (TPSA) is 24.0 Å². The van der Waals surface area contributed by atoms with Crippen LogP contribution in [0.15, 0.2) is 6.20 Å². The highest BCUT2D eigenvalue weighted by Crippen LogP contribution is 2.22.